The Bertz CT molecular complexity index is 646. The standard InChI is InChI=1S/C17H20N2O2/c1-10(2)12-5-7-13(8-6-12)16-18-9-14(17(20)21)15(19-16)11(3)4/h5-11H,1-4H3,(H,20,21). The summed E-state index contributed by atoms with van der Waals surface area (Å²) in [6, 6.07) is 8.08. The molecule has 0 fully saturated rings. The highest BCUT2D eigenvalue weighted by Gasteiger charge is 2.16. The Morgan fingerprint density at radius 3 is 2.14 bits per heavy atom. The van der Waals surface area contributed by atoms with E-state index in [4.69, 9.17) is 0 Å². The van der Waals surface area contributed by atoms with Crippen molar-refractivity contribution in [3.05, 3.63) is 47.3 Å². The van der Waals surface area contributed by atoms with Crippen LogP contribution in [0.3, 0.4) is 0 Å². The van der Waals surface area contributed by atoms with Crippen LogP contribution in [0.15, 0.2) is 30.5 Å². The van der Waals surface area contributed by atoms with Crippen LogP contribution in [0.4, 0.5) is 0 Å². The average Bonchev–Trinajstić information content (AvgIpc) is 2.46. The maximum absolute atomic E-state index is 11.2. The molecular formula is C17H20N2O2. The van der Waals surface area contributed by atoms with Gasteiger partial charge >= 0.3 is 5.97 Å². The van der Waals surface area contributed by atoms with E-state index in [2.05, 4.69) is 35.9 Å². The Morgan fingerprint density at radius 1 is 1.05 bits per heavy atom. The van der Waals surface area contributed by atoms with Crippen molar-refractivity contribution in [1.82, 2.24) is 9.97 Å². The Hall–Kier alpha value is -2.23. The molecule has 0 spiro atoms. The molecule has 0 bridgehead atoms. The van der Waals surface area contributed by atoms with E-state index in [1.54, 1.807) is 0 Å². The van der Waals surface area contributed by atoms with Crippen molar-refractivity contribution < 1.29 is 9.90 Å². The molecule has 4 nitrogen and oxygen atoms in total. The number of aromatic nitrogens is 2. The summed E-state index contributed by atoms with van der Waals surface area (Å²) in [6.07, 6.45) is 1.40. The van der Waals surface area contributed by atoms with Crippen LogP contribution in [0.25, 0.3) is 11.4 Å². The first-order valence-corrected chi connectivity index (χ1v) is 7.10. The number of benzene rings is 1. The Labute approximate surface area is 124 Å². The van der Waals surface area contributed by atoms with Crippen LogP contribution >= 0.6 is 0 Å². The van der Waals surface area contributed by atoms with E-state index in [1.165, 1.54) is 11.8 Å². The summed E-state index contributed by atoms with van der Waals surface area (Å²) >= 11 is 0. The summed E-state index contributed by atoms with van der Waals surface area (Å²) in [6.45, 7) is 8.15. The molecule has 2 aromatic rings. The summed E-state index contributed by atoms with van der Waals surface area (Å²) in [5.41, 5.74) is 2.90. The maximum atomic E-state index is 11.2. The molecule has 0 aliphatic heterocycles. The van der Waals surface area contributed by atoms with E-state index < -0.39 is 5.97 Å². The van der Waals surface area contributed by atoms with Gasteiger partial charge in [-0.3, -0.25) is 0 Å². The zero-order chi connectivity index (χ0) is 15.6. The van der Waals surface area contributed by atoms with Crippen LogP contribution in [-0.4, -0.2) is 21.0 Å². The molecule has 1 aromatic heterocycles. The average molecular weight is 284 g/mol. The second-order valence-electron chi connectivity index (χ2n) is 5.73. The number of carbonyl (C=O) groups is 1. The molecule has 21 heavy (non-hydrogen) atoms. The quantitative estimate of drug-likeness (QED) is 0.918. The van der Waals surface area contributed by atoms with Gasteiger partial charge in [-0.05, 0) is 17.4 Å². The van der Waals surface area contributed by atoms with E-state index in [0.29, 0.717) is 17.4 Å². The molecule has 0 aliphatic rings. The van der Waals surface area contributed by atoms with Gasteiger partial charge in [0.15, 0.2) is 5.82 Å². The molecule has 0 saturated carbocycles. The zero-order valence-electron chi connectivity index (χ0n) is 12.8. The van der Waals surface area contributed by atoms with Crippen molar-refractivity contribution in [3.8, 4) is 11.4 Å². The van der Waals surface area contributed by atoms with Crippen molar-refractivity contribution in [2.24, 2.45) is 0 Å². The number of carboxylic acid groups (broad SMARTS) is 1. The molecule has 1 heterocycles. The third kappa shape index (κ3) is 3.27. The van der Waals surface area contributed by atoms with E-state index in [1.807, 2.05) is 26.0 Å². The van der Waals surface area contributed by atoms with Gasteiger partial charge in [0.1, 0.15) is 0 Å². The van der Waals surface area contributed by atoms with Gasteiger partial charge in [0.2, 0.25) is 0 Å². The third-order valence-electron chi connectivity index (χ3n) is 3.43. The number of rotatable bonds is 4. The first kappa shape index (κ1) is 15.2. The lowest BCUT2D eigenvalue weighted by atomic mass is 10.0. The SMILES string of the molecule is CC(C)c1ccc(-c2ncc(C(=O)O)c(C(C)C)n2)cc1. The third-order valence-corrected chi connectivity index (χ3v) is 3.43. The molecule has 0 radical (unpaired) electrons. The molecule has 4 heteroatoms. The van der Waals surface area contributed by atoms with Crippen LogP contribution in [0.5, 0.6) is 0 Å². The molecular weight excluding hydrogens is 264 g/mol. The molecule has 0 amide bonds. The number of hydrogen-bond acceptors (Lipinski definition) is 3. The molecule has 2 rings (SSSR count). The Balaban J connectivity index is 2.45. The summed E-state index contributed by atoms with van der Waals surface area (Å²) in [5.74, 6) is 0.0905. The Morgan fingerprint density at radius 2 is 1.67 bits per heavy atom. The van der Waals surface area contributed by atoms with Crippen LogP contribution in [0, 0.1) is 0 Å². The topological polar surface area (TPSA) is 63.1 Å². The molecule has 1 N–H and O–H groups in total. The Kier molecular flexibility index (Phi) is 4.36. The molecule has 0 aliphatic carbocycles. The van der Waals surface area contributed by atoms with Crippen LogP contribution in [0.2, 0.25) is 0 Å². The molecule has 0 atom stereocenters. The first-order chi connectivity index (χ1) is 9.90. The van der Waals surface area contributed by atoms with Crippen molar-refractivity contribution in [2.45, 2.75) is 39.5 Å². The smallest absolute Gasteiger partial charge is 0.339 e. The number of nitrogens with zero attached hydrogens (tertiary/aromatic N) is 2. The van der Waals surface area contributed by atoms with Gasteiger partial charge in [0, 0.05) is 11.8 Å². The summed E-state index contributed by atoms with van der Waals surface area (Å²) in [4.78, 5) is 19.9. The van der Waals surface area contributed by atoms with Gasteiger partial charge in [-0.1, -0.05) is 52.0 Å². The van der Waals surface area contributed by atoms with Crippen molar-refractivity contribution >= 4 is 5.97 Å². The van der Waals surface area contributed by atoms with Gasteiger partial charge in [-0.25, -0.2) is 14.8 Å². The predicted octanol–water partition coefficient (Wildman–Crippen LogP) is 4.09. The van der Waals surface area contributed by atoms with E-state index >= 15 is 0 Å². The summed E-state index contributed by atoms with van der Waals surface area (Å²) in [5, 5.41) is 9.19. The predicted molar refractivity (Wildman–Crippen MR) is 82.6 cm³/mol. The number of hydrogen-bond donors (Lipinski definition) is 1. The highest BCUT2D eigenvalue weighted by atomic mass is 16.4. The summed E-state index contributed by atoms with van der Waals surface area (Å²) in [7, 11) is 0. The number of carboxylic acids is 1. The van der Waals surface area contributed by atoms with E-state index in [0.717, 1.165) is 5.56 Å². The van der Waals surface area contributed by atoms with Crippen LogP contribution < -0.4 is 0 Å². The lowest BCUT2D eigenvalue weighted by molar-refractivity contribution is 0.0694. The lowest BCUT2D eigenvalue weighted by Crippen LogP contribution is -2.08. The molecule has 1 aromatic carbocycles. The normalized spacial score (nSPS) is 11.1. The fourth-order valence-electron chi connectivity index (χ4n) is 2.16. The highest BCUT2D eigenvalue weighted by Crippen LogP contribution is 2.23. The molecule has 0 saturated heterocycles. The second kappa shape index (κ2) is 6.04. The van der Waals surface area contributed by atoms with Gasteiger partial charge in [0.05, 0.1) is 11.3 Å². The molecule has 110 valence electrons. The van der Waals surface area contributed by atoms with Crippen LogP contribution in [-0.2, 0) is 0 Å². The minimum atomic E-state index is -0.986. The van der Waals surface area contributed by atoms with Gasteiger partial charge in [0.25, 0.3) is 0 Å². The largest absolute Gasteiger partial charge is 0.478 e. The zero-order valence-corrected chi connectivity index (χ0v) is 12.8. The van der Waals surface area contributed by atoms with Gasteiger partial charge in [-0.2, -0.15) is 0 Å². The van der Waals surface area contributed by atoms with Gasteiger partial charge < -0.3 is 5.11 Å². The highest BCUT2D eigenvalue weighted by molar-refractivity contribution is 5.88. The van der Waals surface area contributed by atoms with Crippen molar-refractivity contribution in [3.63, 3.8) is 0 Å². The maximum Gasteiger partial charge on any atom is 0.339 e. The van der Waals surface area contributed by atoms with E-state index in [-0.39, 0.29) is 11.5 Å². The van der Waals surface area contributed by atoms with Crippen molar-refractivity contribution in [1.29, 1.82) is 0 Å². The lowest BCUT2D eigenvalue weighted by Gasteiger charge is -2.11. The fourth-order valence-corrected chi connectivity index (χ4v) is 2.16. The molecule has 0 unspecified atom stereocenters. The fraction of sp³-hybridized carbons (Fsp3) is 0.353. The number of aromatic carboxylic acids is 1. The first-order valence-electron chi connectivity index (χ1n) is 7.10. The monoisotopic (exact) mass is 284 g/mol. The minimum Gasteiger partial charge on any atom is -0.478 e. The minimum absolute atomic E-state index is 0.0350. The van der Waals surface area contributed by atoms with Gasteiger partial charge in [-0.15, -0.1) is 0 Å². The second-order valence-corrected chi connectivity index (χ2v) is 5.73. The van der Waals surface area contributed by atoms with Crippen LogP contribution in [0.1, 0.15) is 61.1 Å². The summed E-state index contributed by atoms with van der Waals surface area (Å²) < 4.78 is 0. The van der Waals surface area contributed by atoms with E-state index in [9.17, 15) is 9.90 Å². The van der Waals surface area contributed by atoms with Crippen molar-refractivity contribution in [2.75, 3.05) is 0 Å².